The molecule has 1 aliphatic heterocycles. The summed E-state index contributed by atoms with van der Waals surface area (Å²) in [4.78, 5) is 2.13. The third kappa shape index (κ3) is 3.74. The third-order valence-corrected chi connectivity index (χ3v) is 4.00. The summed E-state index contributed by atoms with van der Waals surface area (Å²) in [6.45, 7) is 4.51. The molecular weight excluding hydrogens is 270 g/mol. The smallest absolute Gasteiger partial charge is 0.161 e. The van der Waals surface area contributed by atoms with Crippen molar-refractivity contribution in [2.45, 2.75) is 32.0 Å². The largest absolute Gasteiger partial charge is 0.493 e. The minimum absolute atomic E-state index is 0.0189. The standard InChI is InChI=1S/C14H27N5O2/c1-10-7-11(9-21-10)13(17-15)14-12(20-4)8-16-19(14)6-5-18(2)3/h8,10-11,13,17H,5-7,9,15H2,1-4H3. The lowest BCUT2D eigenvalue weighted by atomic mass is 9.94. The van der Waals surface area contributed by atoms with Gasteiger partial charge in [-0.05, 0) is 27.4 Å². The Balaban J connectivity index is 2.23. The molecule has 0 bridgehead atoms. The van der Waals surface area contributed by atoms with Crippen LogP contribution in [0.3, 0.4) is 0 Å². The molecule has 0 aromatic carbocycles. The van der Waals surface area contributed by atoms with E-state index in [0.717, 1.165) is 31.0 Å². The van der Waals surface area contributed by atoms with Crippen molar-refractivity contribution in [1.82, 2.24) is 20.1 Å². The summed E-state index contributed by atoms with van der Waals surface area (Å²) in [5, 5.41) is 4.45. The minimum Gasteiger partial charge on any atom is -0.493 e. The number of likely N-dealkylation sites (N-methyl/N-ethyl adjacent to an activating group) is 1. The van der Waals surface area contributed by atoms with Crippen LogP contribution in [0.2, 0.25) is 0 Å². The van der Waals surface area contributed by atoms with Gasteiger partial charge in [0.05, 0.1) is 44.3 Å². The number of nitrogens with zero attached hydrogens (tertiary/aromatic N) is 3. The average molecular weight is 297 g/mol. The number of rotatable bonds is 7. The van der Waals surface area contributed by atoms with Gasteiger partial charge in [0.2, 0.25) is 0 Å². The highest BCUT2D eigenvalue weighted by atomic mass is 16.5. The van der Waals surface area contributed by atoms with Crippen LogP contribution in [0.15, 0.2) is 6.20 Å². The number of hydrazine groups is 1. The van der Waals surface area contributed by atoms with E-state index in [1.807, 2.05) is 18.8 Å². The number of methoxy groups -OCH3 is 1. The Labute approximate surface area is 126 Å². The fraction of sp³-hybridized carbons (Fsp3) is 0.786. The number of ether oxygens (including phenoxy) is 2. The van der Waals surface area contributed by atoms with Crippen molar-refractivity contribution in [3.63, 3.8) is 0 Å². The quantitative estimate of drug-likeness (QED) is 0.560. The maximum absolute atomic E-state index is 5.83. The molecule has 7 heteroatoms. The van der Waals surface area contributed by atoms with E-state index in [-0.39, 0.29) is 12.1 Å². The maximum Gasteiger partial charge on any atom is 0.161 e. The van der Waals surface area contributed by atoms with Crippen LogP contribution in [-0.2, 0) is 11.3 Å². The maximum atomic E-state index is 5.83. The van der Waals surface area contributed by atoms with Gasteiger partial charge in [0, 0.05) is 12.5 Å². The first kappa shape index (κ1) is 16.2. The van der Waals surface area contributed by atoms with Gasteiger partial charge in [-0.1, -0.05) is 0 Å². The van der Waals surface area contributed by atoms with Crippen LogP contribution >= 0.6 is 0 Å². The Morgan fingerprint density at radius 2 is 2.38 bits per heavy atom. The molecule has 21 heavy (non-hydrogen) atoms. The molecule has 1 saturated heterocycles. The van der Waals surface area contributed by atoms with E-state index in [9.17, 15) is 0 Å². The van der Waals surface area contributed by atoms with Crippen LogP contribution in [0.4, 0.5) is 0 Å². The Hall–Kier alpha value is -1.15. The Kier molecular flexibility index (Phi) is 5.58. The molecule has 3 atom stereocenters. The van der Waals surface area contributed by atoms with Gasteiger partial charge >= 0.3 is 0 Å². The number of nitrogens with two attached hydrogens (primary N) is 1. The summed E-state index contributed by atoms with van der Waals surface area (Å²) < 4.78 is 13.1. The first-order valence-corrected chi connectivity index (χ1v) is 7.39. The summed E-state index contributed by atoms with van der Waals surface area (Å²) in [6.07, 6.45) is 3.01. The predicted molar refractivity (Wildman–Crippen MR) is 80.9 cm³/mol. The molecule has 0 aliphatic carbocycles. The minimum atomic E-state index is -0.0189. The molecule has 0 spiro atoms. The number of aromatic nitrogens is 2. The molecule has 2 heterocycles. The first-order chi connectivity index (χ1) is 10.1. The van der Waals surface area contributed by atoms with E-state index >= 15 is 0 Å². The second kappa shape index (κ2) is 7.22. The molecular formula is C14H27N5O2. The van der Waals surface area contributed by atoms with E-state index in [1.165, 1.54) is 0 Å². The Morgan fingerprint density at radius 1 is 1.62 bits per heavy atom. The zero-order chi connectivity index (χ0) is 15.4. The first-order valence-electron chi connectivity index (χ1n) is 7.39. The van der Waals surface area contributed by atoms with Crippen LogP contribution in [-0.4, -0.2) is 55.1 Å². The van der Waals surface area contributed by atoms with Gasteiger partial charge in [0.15, 0.2) is 5.75 Å². The van der Waals surface area contributed by atoms with Crippen molar-refractivity contribution in [3.05, 3.63) is 11.9 Å². The van der Waals surface area contributed by atoms with Gasteiger partial charge in [0.1, 0.15) is 0 Å². The van der Waals surface area contributed by atoms with Gasteiger partial charge in [-0.2, -0.15) is 5.10 Å². The highest BCUT2D eigenvalue weighted by molar-refractivity contribution is 5.29. The van der Waals surface area contributed by atoms with Crippen molar-refractivity contribution < 1.29 is 9.47 Å². The van der Waals surface area contributed by atoms with Crippen LogP contribution in [0.25, 0.3) is 0 Å². The normalized spacial score (nSPS) is 23.7. The van der Waals surface area contributed by atoms with Crippen molar-refractivity contribution >= 4 is 0 Å². The average Bonchev–Trinajstić information content (AvgIpc) is 3.05. The molecule has 1 fully saturated rings. The molecule has 2 rings (SSSR count). The van der Waals surface area contributed by atoms with E-state index in [0.29, 0.717) is 12.5 Å². The summed E-state index contributed by atoms with van der Waals surface area (Å²) >= 11 is 0. The van der Waals surface area contributed by atoms with Crippen molar-refractivity contribution in [3.8, 4) is 5.75 Å². The van der Waals surface area contributed by atoms with E-state index in [4.69, 9.17) is 15.3 Å². The lowest BCUT2D eigenvalue weighted by molar-refractivity contribution is 0.116. The lowest BCUT2D eigenvalue weighted by Gasteiger charge is -2.24. The fourth-order valence-corrected chi connectivity index (χ4v) is 2.84. The van der Waals surface area contributed by atoms with Crippen molar-refractivity contribution in [2.24, 2.45) is 11.8 Å². The number of hydrogen-bond acceptors (Lipinski definition) is 6. The Bertz CT molecular complexity index is 449. The predicted octanol–water partition coefficient (Wildman–Crippen LogP) is 0.383. The van der Waals surface area contributed by atoms with E-state index in [2.05, 4.69) is 22.3 Å². The molecule has 1 aliphatic rings. The van der Waals surface area contributed by atoms with Gasteiger partial charge in [0.25, 0.3) is 0 Å². The Morgan fingerprint density at radius 3 is 2.90 bits per heavy atom. The number of nitrogens with one attached hydrogen (secondary N) is 1. The molecule has 7 nitrogen and oxygen atoms in total. The SMILES string of the molecule is COc1cnn(CCN(C)C)c1C(NN)C1COC(C)C1. The van der Waals surface area contributed by atoms with Crippen LogP contribution in [0.5, 0.6) is 5.75 Å². The van der Waals surface area contributed by atoms with Crippen LogP contribution in [0, 0.1) is 5.92 Å². The molecule has 0 saturated carbocycles. The van der Waals surface area contributed by atoms with Crippen LogP contribution in [0.1, 0.15) is 25.1 Å². The van der Waals surface area contributed by atoms with Crippen molar-refractivity contribution in [1.29, 1.82) is 0 Å². The summed E-state index contributed by atoms with van der Waals surface area (Å²) in [5.41, 5.74) is 3.94. The van der Waals surface area contributed by atoms with E-state index in [1.54, 1.807) is 13.3 Å². The highest BCUT2D eigenvalue weighted by Gasteiger charge is 2.34. The zero-order valence-electron chi connectivity index (χ0n) is 13.4. The van der Waals surface area contributed by atoms with Crippen molar-refractivity contribution in [2.75, 3.05) is 34.4 Å². The summed E-state index contributed by atoms with van der Waals surface area (Å²) in [7, 11) is 5.76. The monoisotopic (exact) mass is 297 g/mol. The van der Waals surface area contributed by atoms with Gasteiger partial charge in [-0.15, -0.1) is 0 Å². The van der Waals surface area contributed by atoms with Crippen LogP contribution < -0.4 is 16.0 Å². The van der Waals surface area contributed by atoms with Gasteiger partial charge < -0.3 is 14.4 Å². The summed E-state index contributed by atoms with van der Waals surface area (Å²) in [6, 6.07) is -0.0189. The summed E-state index contributed by atoms with van der Waals surface area (Å²) in [5.74, 6) is 6.93. The third-order valence-electron chi connectivity index (χ3n) is 4.00. The van der Waals surface area contributed by atoms with Gasteiger partial charge in [-0.3, -0.25) is 16.0 Å². The zero-order valence-corrected chi connectivity index (χ0v) is 13.4. The number of hydrogen-bond donors (Lipinski definition) is 2. The molecule has 0 amide bonds. The second-order valence-electron chi connectivity index (χ2n) is 5.91. The van der Waals surface area contributed by atoms with E-state index < -0.39 is 0 Å². The van der Waals surface area contributed by atoms with Gasteiger partial charge in [-0.25, -0.2) is 0 Å². The molecule has 1 aromatic heterocycles. The molecule has 3 N–H and O–H groups in total. The molecule has 3 unspecified atom stereocenters. The highest BCUT2D eigenvalue weighted by Crippen LogP contribution is 2.35. The fourth-order valence-electron chi connectivity index (χ4n) is 2.84. The molecule has 1 aromatic rings. The topological polar surface area (TPSA) is 77.6 Å². The second-order valence-corrected chi connectivity index (χ2v) is 5.91. The molecule has 120 valence electrons. The lowest BCUT2D eigenvalue weighted by Crippen LogP contribution is -2.36. The molecule has 0 radical (unpaired) electrons.